The normalized spacial score (nSPS) is 20.9. The molecule has 1 heterocycles. The van der Waals surface area contributed by atoms with Gasteiger partial charge >= 0.3 is 0 Å². The number of para-hydroxylation sites is 1. The van der Waals surface area contributed by atoms with E-state index in [9.17, 15) is 9.59 Å². The third kappa shape index (κ3) is 4.59. The molecular formula is C24H27N3O2S. The average molecular weight is 422 g/mol. The molecule has 4 rings (SSSR count). The molecule has 1 aliphatic carbocycles. The van der Waals surface area contributed by atoms with Crippen molar-refractivity contribution in [1.29, 1.82) is 0 Å². The van der Waals surface area contributed by atoms with Gasteiger partial charge in [-0.25, -0.2) is 4.99 Å². The molecule has 1 saturated heterocycles. The van der Waals surface area contributed by atoms with E-state index in [1.807, 2.05) is 67.3 Å². The predicted octanol–water partition coefficient (Wildman–Crippen LogP) is 5.21. The Labute approximate surface area is 182 Å². The molecule has 0 aromatic heterocycles. The van der Waals surface area contributed by atoms with E-state index < -0.39 is 5.25 Å². The van der Waals surface area contributed by atoms with E-state index in [0.717, 1.165) is 53.4 Å². The molecule has 2 amide bonds. The smallest absolute Gasteiger partial charge is 0.242 e. The lowest BCUT2D eigenvalue weighted by molar-refractivity contribution is -0.129. The van der Waals surface area contributed by atoms with Gasteiger partial charge in [-0.2, -0.15) is 0 Å². The zero-order valence-corrected chi connectivity index (χ0v) is 18.2. The van der Waals surface area contributed by atoms with Gasteiger partial charge in [0.15, 0.2) is 5.17 Å². The molecule has 2 fully saturated rings. The van der Waals surface area contributed by atoms with E-state index in [0.29, 0.717) is 0 Å². The fourth-order valence-electron chi connectivity index (χ4n) is 4.13. The molecule has 0 spiro atoms. The van der Waals surface area contributed by atoms with E-state index in [4.69, 9.17) is 4.99 Å². The number of nitrogens with zero attached hydrogens (tertiary/aromatic N) is 2. The van der Waals surface area contributed by atoms with Crippen LogP contribution in [-0.2, 0) is 9.59 Å². The van der Waals surface area contributed by atoms with E-state index >= 15 is 0 Å². The number of carbonyl (C=O) groups excluding carboxylic acids is 2. The third-order valence-electron chi connectivity index (χ3n) is 5.66. The van der Waals surface area contributed by atoms with Gasteiger partial charge in [-0.15, -0.1) is 0 Å². The molecule has 6 heteroatoms. The van der Waals surface area contributed by atoms with Crippen LogP contribution in [0, 0.1) is 13.8 Å². The second-order valence-corrected chi connectivity index (χ2v) is 9.22. The summed E-state index contributed by atoms with van der Waals surface area (Å²) < 4.78 is 0. The van der Waals surface area contributed by atoms with Gasteiger partial charge in [-0.3, -0.25) is 14.5 Å². The van der Waals surface area contributed by atoms with E-state index in [1.54, 1.807) is 0 Å². The van der Waals surface area contributed by atoms with Crippen LogP contribution in [0.2, 0.25) is 0 Å². The highest BCUT2D eigenvalue weighted by Crippen LogP contribution is 2.37. The number of rotatable bonds is 5. The summed E-state index contributed by atoms with van der Waals surface area (Å²) >= 11 is 1.42. The summed E-state index contributed by atoms with van der Waals surface area (Å²) in [5.41, 5.74) is 3.80. The second-order valence-electron chi connectivity index (χ2n) is 8.05. The van der Waals surface area contributed by atoms with Crippen molar-refractivity contribution in [3.63, 3.8) is 0 Å². The Morgan fingerprint density at radius 1 is 1.13 bits per heavy atom. The molecule has 30 heavy (non-hydrogen) atoms. The lowest BCUT2D eigenvalue weighted by Crippen LogP contribution is -2.40. The Bertz CT molecular complexity index is 968. The average Bonchev–Trinajstić information content (AvgIpc) is 3.33. The number of amides is 2. The minimum absolute atomic E-state index is 0.0114. The monoisotopic (exact) mass is 421 g/mol. The van der Waals surface area contributed by atoms with Crippen LogP contribution in [-0.4, -0.2) is 33.2 Å². The lowest BCUT2D eigenvalue weighted by Gasteiger charge is -2.23. The molecule has 1 saturated carbocycles. The van der Waals surface area contributed by atoms with Crippen molar-refractivity contribution in [2.75, 3.05) is 5.32 Å². The highest BCUT2D eigenvalue weighted by molar-refractivity contribution is 8.15. The van der Waals surface area contributed by atoms with Crippen molar-refractivity contribution in [2.24, 2.45) is 4.99 Å². The van der Waals surface area contributed by atoms with Crippen LogP contribution in [0.1, 0.15) is 43.2 Å². The maximum atomic E-state index is 13.2. The summed E-state index contributed by atoms with van der Waals surface area (Å²) in [5.74, 6) is -0.127. The summed E-state index contributed by atoms with van der Waals surface area (Å²) in [7, 11) is 0. The fourth-order valence-corrected chi connectivity index (χ4v) is 5.34. The molecule has 1 atom stereocenters. The summed E-state index contributed by atoms with van der Waals surface area (Å²) in [4.78, 5) is 32.6. The molecule has 0 unspecified atom stereocenters. The van der Waals surface area contributed by atoms with Crippen LogP contribution in [0.4, 0.5) is 11.4 Å². The molecule has 5 nitrogen and oxygen atoms in total. The van der Waals surface area contributed by atoms with Crippen molar-refractivity contribution >= 4 is 40.1 Å². The second kappa shape index (κ2) is 9.04. The molecule has 0 radical (unpaired) electrons. The number of nitrogens with one attached hydrogen (secondary N) is 1. The van der Waals surface area contributed by atoms with Crippen LogP contribution in [0.3, 0.4) is 0 Å². The first-order valence-corrected chi connectivity index (χ1v) is 11.4. The van der Waals surface area contributed by atoms with Crippen LogP contribution in [0.15, 0.2) is 53.5 Å². The number of aliphatic imine (C=N–C) groups is 1. The van der Waals surface area contributed by atoms with Gasteiger partial charge in [0.25, 0.3) is 0 Å². The zero-order chi connectivity index (χ0) is 21.1. The zero-order valence-electron chi connectivity index (χ0n) is 17.4. The van der Waals surface area contributed by atoms with Gasteiger partial charge in [0.05, 0.1) is 5.69 Å². The van der Waals surface area contributed by atoms with Gasteiger partial charge in [0.1, 0.15) is 5.25 Å². The highest BCUT2D eigenvalue weighted by Gasteiger charge is 2.43. The Balaban J connectivity index is 1.51. The van der Waals surface area contributed by atoms with E-state index in [2.05, 4.69) is 5.32 Å². The number of aryl methyl sites for hydroxylation is 2. The summed E-state index contributed by atoms with van der Waals surface area (Å²) in [5, 5.41) is 3.26. The number of hydrogen-bond donors (Lipinski definition) is 1. The third-order valence-corrected chi connectivity index (χ3v) is 6.82. The molecule has 156 valence electrons. The molecular weight excluding hydrogens is 394 g/mol. The Morgan fingerprint density at radius 2 is 1.87 bits per heavy atom. The van der Waals surface area contributed by atoms with Crippen molar-refractivity contribution in [1.82, 2.24) is 4.90 Å². The summed E-state index contributed by atoms with van der Waals surface area (Å²) in [6, 6.07) is 15.8. The fraction of sp³-hybridized carbons (Fsp3) is 0.375. The van der Waals surface area contributed by atoms with Gasteiger partial charge in [-0.1, -0.05) is 60.5 Å². The van der Waals surface area contributed by atoms with Gasteiger partial charge in [-0.05, 0) is 50.5 Å². The number of carbonyl (C=O) groups is 2. The van der Waals surface area contributed by atoms with E-state index in [-0.39, 0.29) is 24.3 Å². The summed E-state index contributed by atoms with van der Waals surface area (Å²) in [6.45, 7) is 4.00. The summed E-state index contributed by atoms with van der Waals surface area (Å²) in [6.07, 6.45) is 4.42. The van der Waals surface area contributed by atoms with Crippen molar-refractivity contribution < 1.29 is 9.59 Å². The Kier molecular flexibility index (Phi) is 6.23. The molecule has 1 N–H and O–H groups in total. The number of thioether (sulfide) groups is 1. The largest absolute Gasteiger partial charge is 0.326 e. The maximum absolute atomic E-state index is 13.2. The molecule has 0 bridgehead atoms. The van der Waals surface area contributed by atoms with Crippen molar-refractivity contribution in [3.05, 3.63) is 59.7 Å². The van der Waals surface area contributed by atoms with Crippen molar-refractivity contribution in [2.45, 2.75) is 57.2 Å². The standard InChI is InChI=1S/C24H27N3O2S/c1-16-12-13-20(17(2)14-16)26-22(28)15-21-23(29)27(19-10-6-7-11-19)24(30-21)25-18-8-4-3-5-9-18/h3-5,8-9,12-14,19,21H,6-7,10-11,15H2,1-2H3,(H,26,28)/t21-/m0/s1. The predicted molar refractivity (Wildman–Crippen MR) is 123 cm³/mol. The maximum Gasteiger partial charge on any atom is 0.242 e. The van der Waals surface area contributed by atoms with Crippen LogP contribution < -0.4 is 5.32 Å². The van der Waals surface area contributed by atoms with Crippen LogP contribution in [0.25, 0.3) is 0 Å². The minimum Gasteiger partial charge on any atom is -0.326 e. The molecule has 2 aromatic carbocycles. The van der Waals surface area contributed by atoms with Gasteiger partial charge in [0, 0.05) is 18.2 Å². The SMILES string of the molecule is Cc1ccc(NC(=O)C[C@@H]2SC(=Nc3ccccc3)N(C3CCCC3)C2=O)c(C)c1. The minimum atomic E-state index is -0.432. The highest BCUT2D eigenvalue weighted by atomic mass is 32.2. The topological polar surface area (TPSA) is 61.8 Å². The van der Waals surface area contributed by atoms with Gasteiger partial charge < -0.3 is 5.32 Å². The Hall–Kier alpha value is -2.60. The van der Waals surface area contributed by atoms with Crippen LogP contribution in [0.5, 0.6) is 0 Å². The Morgan fingerprint density at radius 3 is 2.57 bits per heavy atom. The first-order valence-electron chi connectivity index (χ1n) is 10.5. The number of hydrogen-bond acceptors (Lipinski definition) is 4. The number of benzene rings is 2. The quantitative estimate of drug-likeness (QED) is 0.721. The van der Waals surface area contributed by atoms with Crippen molar-refractivity contribution in [3.8, 4) is 0 Å². The molecule has 2 aromatic rings. The first-order chi connectivity index (χ1) is 14.5. The molecule has 1 aliphatic heterocycles. The van der Waals surface area contributed by atoms with Crippen LogP contribution >= 0.6 is 11.8 Å². The molecule has 2 aliphatic rings. The lowest BCUT2D eigenvalue weighted by atomic mass is 10.1. The first kappa shape index (κ1) is 20.7. The number of amidine groups is 1. The van der Waals surface area contributed by atoms with E-state index in [1.165, 1.54) is 11.8 Å². The number of anilines is 1. The van der Waals surface area contributed by atoms with Gasteiger partial charge in [0.2, 0.25) is 11.8 Å².